The molecule has 0 spiro atoms. The van der Waals surface area contributed by atoms with Crippen molar-refractivity contribution in [3.05, 3.63) is 22.4 Å². The highest BCUT2D eigenvalue weighted by molar-refractivity contribution is 5.73. The van der Waals surface area contributed by atoms with Crippen LogP contribution in [0, 0.1) is 12.8 Å². The van der Waals surface area contributed by atoms with E-state index in [4.69, 9.17) is 4.74 Å². The van der Waals surface area contributed by atoms with Crippen LogP contribution in [-0.4, -0.2) is 37.1 Å². The molecule has 1 aliphatic rings. The number of nitrogens with zero attached hydrogens (tertiary/aromatic N) is 3. The number of aromatic nitrogens is 4. The van der Waals surface area contributed by atoms with Gasteiger partial charge in [0.15, 0.2) is 11.9 Å². The van der Waals surface area contributed by atoms with Crippen molar-refractivity contribution in [1.29, 1.82) is 0 Å². The van der Waals surface area contributed by atoms with Crippen LogP contribution in [0.2, 0.25) is 0 Å². The Bertz CT molecular complexity index is 692. The lowest BCUT2D eigenvalue weighted by Gasteiger charge is -2.16. The normalized spacial score (nSPS) is 30.2. The molecule has 0 saturated carbocycles. The van der Waals surface area contributed by atoms with E-state index in [9.17, 15) is 9.90 Å². The first-order chi connectivity index (χ1) is 9.52. The maximum absolute atomic E-state index is 11.8. The molecule has 0 radical (unpaired) electrons. The number of aryl methyl sites for hydroxylation is 1. The van der Waals surface area contributed by atoms with Gasteiger partial charge in [-0.25, -0.2) is 9.67 Å². The molecule has 3 heterocycles. The molecule has 7 nitrogen and oxygen atoms in total. The van der Waals surface area contributed by atoms with E-state index in [0.717, 1.165) is 6.42 Å². The van der Waals surface area contributed by atoms with Crippen LogP contribution in [0.4, 0.5) is 0 Å². The summed E-state index contributed by atoms with van der Waals surface area (Å²) < 4.78 is 7.37. The molecule has 1 aliphatic heterocycles. The molecule has 0 aromatic carbocycles. The Labute approximate surface area is 115 Å². The fourth-order valence-corrected chi connectivity index (χ4v) is 2.77. The molecule has 7 heteroatoms. The molecular weight excluding hydrogens is 260 g/mol. The lowest BCUT2D eigenvalue weighted by molar-refractivity contribution is -0.0425. The average molecular weight is 278 g/mol. The molecule has 1 fully saturated rings. The molecule has 20 heavy (non-hydrogen) atoms. The number of hydrogen-bond acceptors (Lipinski definition) is 5. The van der Waals surface area contributed by atoms with E-state index in [2.05, 4.69) is 15.1 Å². The van der Waals surface area contributed by atoms with Gasteiger partial charge >= 0.3 is 0 Å². The molecular formula is C13H18N4O3. The third-order valence-corrected chi connectivity index (χ3v) is 3.96. The van der Waals surface area contributed by atoms with Crippen LogP contribution >= 0.6 is 0 Å². The summed E-state index contributed by atoms with van der Waals surface area (Å²) in [7, 11) is 0. The van der Waals surface area contributed by atoms with E-state index < -0.39 is 12.3 Å². The van der Waals surface area contributed by atoms with E-state index in [-0.39, 0.29) is 17.6 Å². The van der Waals surface area contributed by atoms with Crippen LogP contribution in [0.1, 0.15) is 32.3 Å². The second kappa shape index (κ2) is 4.68. The molecule has 0 amide bonds. The largest absolute Gasteiger partial charge is 0.388 e. The summed E-state index contributed by atoms with van der Waals surface area (Å²) in [5, 5.41) is 14.9. The van der Waals surface area contributed by atoms with Gasteiger partial charge in [0.05, 0.1) is 12.3 Å². The minimum absolute atomic E-state index is 0.0163. The first-order valence-corrected chi connectivity index (χ1v) is 6.80. The molecule has 0 aliphatic carbocycles. The fraction of sp³-hybridized carbons (Fsp3) is 0.615. The second-order valence-corrected chi connectivity index (χ2v) is 5.30. The van der Waals surface area contributed by atoms with E-state index in [1.807, 2.05) is 13.8 Å². The Balaban J connectivity index is 2.09. The predicted molar refractivity (Wildman–Crippen MR) is 72.3 cm³/mol. The highest BCUT2D eigenvalue weighted by atomic mass is 16.5. The van der Waals surface area contributed by atoms with Crippen LogP contribution < -0.4 is 5.56 Å². The number of nitrogens with one attached hydrogen (secondary N) is 1. The van der Waals surface area contributed by atoms with Gasteiger partial charge in [-0.2, -0.15) is 5.10 Å². The molecule has 3 rings (SSSR count). The van der Waals surface area contributed by atoms with Crippen LogP contribution in [0.25, 0.3) is 11.0 Å². The quantitative estimate of drug-likeness (QED) is 0.845. The molecule has 0 bridgehead atoms. The van der Waals surface area contributed by atoms with Gasteiger partial charge in [-0.15, -0.1) is 0 Å². The Hall–Kier alpha value is -1.73. The molecule has 2 N–H and O–H groups in total. The monoisotopic (exact) mass is 278 g/mol. The lowest BCUT2D eigenvalue weighted by Crippen LogP contribution is -2.25. The summed E-state index contributed by atoms with van der Waals surface area (Å²) in [6, 6.07) is 0. The summed E-state index contributed by atoms with van der Waals surface area (Å²) in [6.07, 6.45) is 1.00. The van der Waals surface area contributed by atoms with Crippen molar-refractivity contribution in [3.63, 3.8) is 0 Å². The van der Waals surface area contributed by atoms with Crippen molar-refractivity contribution in [2.24, 2.45) is 5.92 Å². The third-order valence-electron chi connectivity index (χ3n) is 3.96. The second-order valence-electron chi connectivity index (χ2n) is 5.30. The molecule has 4 atom stereocenters. The topological polar surface area (TPSA) is 93.0 Å². The Morgan fingerprint density at radius 2 is 2.30 bits per heavy atom. The van der Waals surface area contributed by atoms with Crippen molar-refractivity contribution in [2.75, 3.05) is 0 Å². The SMILES string of the molecule is CC[C@H]1O[C@@H](n2ncc3c(=O)[nH]c(C)nc32)C(O)[C@H]1C. The highest BCUT2D eigenvalue weighted by Gasteiger charge is 2.42. The average Bonchev–Trinajstić information content (AvgIpc) is 2.93. The van der Waals surface area contributed by atoms with Crippen LogP contribution in [0.15, 0.2) is 11.0 Å². The molecule has 1 unspecified atom stereocenters. The number of aromatic amines is 1. The zero-order valence-corrected chi connectivity index (χ0v) is 11.7. The highest BCUT2D eigenvalue weighted by Crippen LogP contribution is 2.35. The number of hydrogen-bond donors (Lipinski definition) is 2. The summed E-state index contributed by atoms with van der Waals surface area (Å²) in [6.45, 7) is 5.68. The Morgan fingerprint density at radius 1 is 1.55 bits per heavy atom. The van der Waals surface area contributed by atoms with Crippen molar-refractivity contribution in [3.8, 4) is 0 Å². The van der Waals surface area contributed by atoms with Gasteiger partial charge in [0, 0.05) is 5.92 Å². The minimum atomic E-state index is -0.663. The van der Waals surface area contributed by atoms with Gasteiger partial charge in [-0.1, -0.05) is 13.8 Å². The minimum Gasteiger partial charge on any atom is -0.388 e. The first kappa shape index (κ1) is 13.3. The number of H-pyrrole nitrogens is 1. The van der Waals surface area contributed by atoms with Gasteiger partial charge in [-0.3, -0.25) is 4.79 Å². The number of aliphatic hydroxyl groups is 1. The smallest absolute Gasteiger partial charge is 0.262 e. The number of rotatable bonds is 2. The standard InChI is InChI=1S/C13H18N4O3/c1-4-9-6(2)10(18)13(20-9)17-11-8(5-14-17)12(19)16-7(3)15-11/h5-6,9-10,13,18H,4H2,1-3H3,(H,15,16,19)/t6-,9+,10?,13+/m0/s1. The van der Waals surface area contributed by atoms with Gasteiger partial charge in [0.1, 0.15) is 17.3 Å². The van der Waals surface area contributed by atoms with Crippen LogP contribution in [0.3, 0.4) is 0 Å². The van der Waals surface area contributed by atoms with Gasteiger partial charge in [0.2, 0.25) is 0 Å². The third kappa shape index (κ3) is 1.85. The fourth-order valence-electron chi connectivity index (χ4n) is 2.77. The molecule has 1 saturated heterocycles. The number of aliphatic hydroxyl groups excluding tert-OH is 1. The number of ether oxygens (including phenoxy) is 1. The Kier molecular flexibility index (Phi) is 3.10. The predicted octanol–water partition coefficient (Wildman–Crippen LogP) is 0.732. The van der Waals surface area contributed by atoms with E-state index in [1.54, 1.807) is 6.92 Å². The molecule has 108 valence electrons. The maximum atomic E-state index is 11.8. The number of fused-ring (bicyclic) bond motifs is 1. The zero-order valence-electron chi connectivity index (χ0n) is 11.7. The van der Waals surface area contributed by atoms with Crippen molar-refractivity contribution in [1.82, 2.24) is 19.7 Å². The lowest BCUT2D eigenvalue weighted by atomic mass is 9.99. The first-order valence-electron chi connectivity index (χ1n) is 6.80. The van der Waals surface area contributed by atoms with Gasteiger partial charge in [0.25, 0.3) is 5.56 Å². The van der Waals surface area contributed by atoms with E-state index >= 15 is 0 Å². The Morgan fingerprint density at radius 3 is 2.95 bits per heavy atom. The van der Waals surface area contributed by atoms with Gasteiger partial charge < -0.3 is 14.8 Å². The van der Waals surface area contributed by atoms with Crippen LogP contribution in [-0.2, 0) is 4.74 Å². The van der Waals surface area contributed by atoms with Gasteiger partial charge in [-0.05, 0) is 13.3 Å². The summed E-state index contributed by atoms with van der Waals surface area (Å²) >= 11 is 0. The van der Waals surface area contributed by atoms with Crippen molar-refractivity contribution in [2.45, 2.75) is 45.6 Å². The van der Waals surface area contributed by atoms with E-state index in [0.29, 0.717) is 16.9 Å². The summed E-state index contributed by atoms with van der Waals surface area (Å²) in [5.41, 5.74) is 0.213. The van der Waals surface area contributed by atoms with Crippen molar-refractivity contribution >= 4 is 11.0 Å². The maximum Gasteiger partial charge on any atom is 0.262 e. The molecule has 2 aromatic heterocycles. The zero-order chi connectivity index (χ0) is 14.4. The summed E-state index contributed by atoms with van der Waals surface area (Å²) in [4.78, 5) is 18.8. The summed E-state index contributed by atoms with van der Waals surface area (Å²) in [5.74, 6) is 0.532. The van der Waals surface area contributed by atoms with Crippen LogP contribution in [0.5, 0.6) is 0 Å². The van der Waals surface area contributed by atoms with E-state index in [1.165, 1.54) is 10.9 Å². The molecule has 2 aromatic rings. The van der Waals surface area contributed by atoms with Crippen molar-refractivity contribution < 1.29 is 9.84 Å².